The molecule has 0 saturated heterocycles. The Bertz CT molecular complexity index is 46.5. The topological polar surface area (TPSA) is 29.5 Å². The number of methoxy groups -OCH3 is 1. The van der Waals surface area contributed by atoms with Crippen molar-refractivity contribution in [2.75, 3.05) is 13.7 Å². The van der Waals surface area contributed by atoms with Crippen molar-refractivity contribution in [1.82, 2.24) is 0 Å². The lowest BCUT2D eigenvalue weighted by Crippen LogP contribution is -2.19. The summed E-state index contributed by atoms with van der Waals surface area (Å²) in [5.41, 5.74) is 0. The van der Waals surface area contributed by atoms with Crippen LogP contribution in [-0.2, 0) is 4.74 Å². The first-order valence-electron chi connectivity index (χ1n) is 2.86. The van der Waals surface area contributed by atoms with E-state index in [4.69, 9.17) is 9.84 Å². The van der Waals surface area contributed by atoms with E-state index in [1.54, 1.807) is 7.11 Å². The molecule has 0 aliphatic carbocycles. The fraction of sp³-hybridized carbons (Fsp3) is 1.00. The van der Waals surface area contributed by atoms with E-state index in [1.807, 2.05) is 13.8 Å². The fourth-order valence-electron chi connectivity index (χ4n) is 0.381. The van der Waals surface area contributed by atoms with E-state index in [0.717, 1.165) is 0 Å². The van der Waals surface area contributed by atoms with E-state index in [2.05, 4.69) is 0 Å². The lowest BCUT2D eigenvalue weighted by Gasteiger charge is -2.14. The first-order chi connectivity index (χ1) is 3.72. The van der Waals surface area contributed by atoms with Crippen LogP contribution < -0.4 is 0 Å². The molecule has 8 heavy (non-hydrogen) atoms. The van der Waals surface area contributed by atoms with Crippen molar-refractivity contribution < 1.29 is 9.84 Å². The number of aliphatic hydroxyl groups is 1. The second-order valence-corrected chi connectivity index (χ2v) is 2.10. The molecule has 0 aromatic heterocycles. The van der Waals surface area contributed by atoms with Crippen LogP contribution in [0.5, 0.6) is 0 Å². The molecule has 0 aromatic rings. The summed E-state index contributed by atoms with van der Waals surface area (Å²) < 4.78 is 4.94. The third kappa shape index (κ3) is 2.28. The standard InChI is InChI=1S/C6H14O2/c1-5(4-7)6(2)8-3/h5-7H,4H2,1-3H3. The monoisotopic (exact) mass is 118 g/mol. The van der Waals surface area contributed by atoms with Gasteiger partial charge < -0.3 is 9.84 Å². The van der Waals surface area contributed by atoms with Crippen LogP contribution in [0, 0.1) is 5.92 Å². The lowest BCUT2D eigenvalue weighted by molar-refractivity contribution is 0.0471. The number of aliphatic hydroxyl groups excluding tert-OH is 1. The van der Waals surface area contributed by atoms with E-state index < -0.39 is 0 Å². The van der Waals surface area contributed by atoms with Crippen LogP contribution in [0.2, 0.25) is 0 Å². The first-order valence-corrected chi connectivity index (χ1v) is 2.86. The van der Waals surface area contributed by atoms with Crippen LogP contribution in [0.15, 0.2) is 0 Å². The molecule has 2 unspecified atom stereocenters. The van der Waals surface area contributed by atoms with Crippen molar-refractivity contribution in [3.8, 4) is 0 Å². The lowest BCUT2D eigenvalue weighted by atomic mass is 10.1. The van der Waals surface area contributed by atoms with E-state index in [9.17, 15) is 0 Å². The van der Waals surface area contributed by atoms with Gasteiger partial charge in [-0.25, -0.2) is 0 Å². The summed E-state index contributed by atoms with van der Waals surface area (Å²) in [6, 6.07) is 0. The maximum atomic E-state index is 8.56. The van der Waals surface area contributed by atoms with Gasteiger partial charge in [-0.15, -0.1) is 0 Å². The Morgan fingerprint density at radius 2 is 2.00 bits per heavy atom. The van der Waals surface area contributed by atoms with Gasteiger partial charge in [0.2, 0.25) is 0 Å². The van der Waals surface area contributed by atoms with Crippen LogP contribution in [-0.4, -0.2) is 24.9 Å². The van der Waals surface area contributed by atoms with Crippen LogP contribution in [0.4, 0.5) is 0 Å². The maximum Gasteiger partial charge on any atom is 0.0590 e. The fourth-order valence-corrected chi connectivity index (χ4v) is 0.381. The minimum atomic E-state index is 0.167. The van der Waals surface area contributed by atoms with Crippen LogP contribution in [0.3, 0.4) is 0 Å². The summed E-state index contributed by atoms with van der Waals surface area (Å²) >= 11 is 0. The number of hydrogen-bond donors (Lipinski definition) is 1. The number of rotatable bonds is 3. The third-order valence-corrected chi connectivity index (χ3v) is 1.46. The minimum Gasteiger partial charge on any atom is -0.396 e. The van der Waals surface area contributed by atoms with Gasteiger partial charge >= 0.3 is 0 Å². The van der Waals surface area contributed by atoms with Crippen LogP contribution in [0.1, 0.15) is 13.8 Å². The van der Waals surface area contributed by atoms with Gasteiger partial charge in [0.1, 0.15) is 0 Å². The van der Waals surface area contributed by atoms with Gasteiger partial charge in [-0.3, -0.25) is 0 Å². The first kappa shape index (κ1) is 7.92. The summed E-state index contributed by atoms with van der Waals surface area (Å²) in [6.07, 6.45) is 0.167. The van der Waals surface area contributed by atoms with Gasteiger partial charge in [0.15, 0.2) is 0 Å². The molecule has 0 amide bonds. The number of ether oxygens (including phenoxy) is 1. The van der Waals surface area contributed by atoms with Gasteiger partial charge in [0, 0.05) is 19.6 Å². The predicted molar refractivity (Wildman–Crippen MR) is 32.7 cm³/mol. The third-order valence-electron chi connectivity index (χ3n) is 1.46. The molecule has 0 radical (unpaired) electrons. The van der Waals surface area contributed by atoms with Crippen LogP contribution >= 0.6 is 0 Å². The highest BCUT2D eigenvalue weighted by Gasteiger charge is 2.07. The second kappa shape index (κ2) is 3.87. The SMILES string of the molecule is COC(C)C(C)CO. The van der Waals surface area contributed by atoms with Crippen molar-refractivity contribution in [3.05, 3.63) is 0 Å². The van der Waals surface area contributed by atoms with Crippen molar-refractivity contribution in [1.29, 1.82) is 0 Å². The molecule has 0 fully saturated rings. The second-order valence-electron chi connectivity index (χ2n) is 2.10. The Kier molecular flexibility index (Phi) is 3.83. The molecule has 50 valence electrons. The Morgan fingerprint density at radius 3 is 2.12 bits per heavy atom. The molecular weight excluding hydrogens is 104 g/mol. The minimum absolute atomic E-state index is 0.167. The van der Waals surface area contributed by atoms with Crippen LogP contribution in [0.25, 0.3) is 0 Å². The van der Waals surface area contributed by atoms with Gasteiger partial charge in [0.05, 0.1) is 6.10 Å². The maximum absolute atomic E-state index is 8.56. The van der Waals surface area contributed by atoms with E-state index in [-0.39, 0.29) is 18.6 Å². The van der Waals surface area contributed by atoms with E-state index in [0.29, 0.717) is 0 Å². The molecule has 0 saturated carbocycles. The molecule has 0 aliphatic heterocycles. The zero-order valence-corrected chi connectivity index (χ0v) is 5.72. The highest BCUT2D eigenvalue weighted by Crippen LogP contribution is 2.02. The molecule has 2 nitrogen and oxygen atoms in total. The van der Waals surface area contributed by atoms with Gasteiger partial charge in [-0.2, -0.15) is 0 Å². The molecule has 0 spiro atoms. The highest BCUT2D eigenvalue weighted by atomic mass is 16.5. The van der Waals surface area contributed by atoms with Crippen molar-refractivity contribution >= 4 is 0 Å². The highest BCUT2D eigenvalue weighted by molar-refractivity contribution is 4.57. The van der Waals surface area contributed by atoms with E-state index in [1.165, 1.54) is 0 Å². The summed E-state index contributed by atoms with van der Waals surface area (Å²) in [5.74, 6) is 0.250. The summed E-state index contributed by atoms with van der Waals surface area (Å²) in [6.45, 7) is 4.10. The smallest absolute Gasteiger partial charge is 0.0590 e. The van der Waals surface area contributed by atoms with Crippen molar-refractivity contribution in [2.45, 2.75) is 20.0 Å². The van der Waals surface area contributed by atoms with Crippen molar-refractivity contribution in [2.24, 2.45) is 5.92 Å². The zero-order chi connectivity index (χ0) is 6.57. The molecule has 2 heteroatoms. The Balaban J connectivity index is 3.29. The summed E-state index contributed by atoms with van der Waals surface area (Å²) in [7, 11) is 1.65. The largest absolute Gasteiger partial charge is 0.396 e. The van der Waals surface area contributed by atoms with Gasteiger partial charge in [-0.1, -0.05) is 6.92 Å². The molecule has 0 heterocycles. The predicted octanol–water partition coefficient (Wildman–Crippen LogP) is 0.650. The van der Waals surface area contributed by atoms with Gasteiger partial charge in [0.25, 0.3) is 0 Å². The normalized spacial score (nSPS) is 18.0. The van der Waals surface area contributed by atoms with Gasteiger partial charge in [-0.05, 0) is 6.92 Å². The van der Waals surface area contributed by atoms with E-state index >= 15 is 0 Å². The Hall–Kier alpha value is -0.0800. The average Bonchev–Trinajstić information content (AvgIpc) is 1.84. The molecule has 2 atom stereocenters. The molecule has 0 bridgehead atoms. The summed E-state index contributed by atoms with van der Waals surface area (Å²) in [4.78, 5) is 0. The summed E-state index contributed by atoms with van der Waals surface area (Å²) in [5, 5.41) is 8.56. The zero-order valence-electron chi connectivity index (χ0n) is 5.72. The molecule has 0 rings (SSSR count). The average molecular weight is 118 g/mol. The number of hydrogen-bond acceptors (Lipinski definition) is 2. The Morgan fingerprint density at radius 1 is 1.50 bits per heavy atom. The van der Waals surface area contributed by atoms with Crippen molar-refractivity contribution in [3.63, 3.8) is 0 Å². The molecule has 0 aliphatic rings. The molecular formula is C6H14O2. The molecule has 1 N–H and O–H groups in total. The Labute approximate surface area is 50.5 Å². The quantitative estimate of drug-likeness (QED) is 0.589. The molecule has 0 aromatic carbocycles.